The van der Waals surface area contributed by atoms with Gasteiger partial charge >= 0.3 is 0 Å². The Bertz CT molecular complexity index is 946. The topological polar surface area (TPSA) is 48.6 Å². The first-order valence-corrected chi connectivity index (χ1v) is 9.48. The van der Waals surface area contributed by atoms with Crippen LogP contribution in [0.2, 0.25) is 0 Å². The zero-order valence-corrected chi connectivity index (χ0v) is 16.9. The second-order valence-corrected chi connectivity index (χ2v) is 6.30. The van der Waals surface area contributed by atoms with Crippen LogP contribution in [0.15, 0.2) is 48.7 Å². The predicted molar refractivity (Wildman–Crippen MR) is 108 cm³/mol. The van der Waals surface area contributed by atoms with Gasteiger partial charge in [-0.15, -0.1) is 0 Å². The number of methoxy groups -OCH3 is 3. The maximum absolute atomic E-state index is 13.0. The summed E-state index contributed by atoms with van der Waals surface area (Å²) < 4.78 is 19.0. The van der Waals surface area contributed by atoms with Crippen LogP contribution in [-0.2, 0) is 4.55 Å². The van der Waals surface area contributed by atoms with Crippen LogP contribution in [0.25, 0.3) is 10.9 Å². The van der Waals surface area contributed by atoms with E-state index in [1.807, 2.05) is 36.5 Å². The monoisotopic (exact) mass is 464 g/mol. The van der Waals surface area contributed by atoms with Gasteiger partial charge < -0.3 is 14.2 Å². The number of hydrogen-bond donors (Lipinski definition) is 0. The molecule has 5 nitrogen and oxygen atoms in total. The molecule has 0 spiro atoms. The van der Waals surface area contributed by atoms with Crippen molar-refractivity contribution in [3.05, 3.63) is 59.8 Å². The molecule has 0 aliphatic carbocycles. The maximum Gasteiger partial charge on any atom is 0.213 e. The number of carbonyl (C=O) groups is 1. The Hall–Kier alpha value is -2.35. The fourth-order valence-electron chi connectivity index (χ4n) is 2.90. The van der Waals surface area contributed by atoms with Gasteiger partial charge in [0.1, 0.15) is 0 Å². The molecule has 0 saturated heterocycles. The number of rotatable bonds is 6. The van der Waals surface area contributed by atoms with Crippen molar-refractivity contribution >= 4 is 39.3 Å². The van der Waals surface area contributed by atoms with Crippen molar-refractivity contribution in [2.45, 2.75) is 4.55 Å². The van der Waals surface area contributed by atoms with E-state index in [1.54, 1.807) is 12.1 Å². The number of fused-ring (bicyclic) bond motifs is 1. The smallest absolute Gasteiger partial charge is 0.213 e. The summed E-state index contributed by atoms with van der Waals surface area (Å²) in [6.45, 7) is 0. The van der Waals surface area contributed by atoms with Crippen molar-refractivity contribution in [2.75, 3.05) is 21.3 Å². The number of pyridine rings is 1. The summed E-state index contributed by atoms with van der Waals surface area (Å²) in [7, 11) is 4.60. The number of aromatic nitrogens is 1. The number of halogens is 1. The van der Waals surface area contributed by atoms with E-state index in [1.165, 1.54) is 21.3 Å². The molecule has 3 rings (SSSR count). The number of alkyl halides is 1. The van der Waals surface area contributed by atoms with Gasteiger partial charge in [-0.05, 0) is 52.9 Å². The number of nitrogens with zero attached hydrogens (tertiary/aromatic N) is 1. The Kier molecular flexibility index (Phi) is 5.61. The van der Waals surface area contributed by atoms with Gasteiger partial charge in [-0.25, -0.2) is 0 Å². The van der Waals surface area contributed by atoms with Crippen LogP contribution in [0.4, 0.5) is 0 Å². The molecule has 0 aliphatic heterocycles. The van der Waals surface area contributed by atoms with Crippen molar-refractivity contribution in [3.63, 3.8) is 0 Å². The molecule has 1 aromatic heterocycles. The fourth-order valence-corrected chi connectivity index (χ4v) is 3.50. The molecular formula is C20H19INO4+. The van der Waals surface area contributed by atoms with Gasteiger partial charge in [0.15, 0.2) is 28.0 Å². The highest BCUT2D eigenvalue weighted by atomic mass is 127. The third-order valence-electron chi connectivity index (χ3n) is 4.20. The zero-order valence-electron chi connectivity index (χ0n) is 14.8. The summed E-state index contributed by atoms with van der Waals surface area (Å²) in [5.41, 5.74) is 2.18. The van der Waals surface area contributed by atoms with Crippen molar-refractivity contribution in [3.8, 4) is 17.2 Å². The zero-order chi connectivity index (χ0) is 18.7. The van der Waals surface area contributed by atoms with Gasteiger partial charge in [-0.1, -0.05) is 0 Å². The average Bonchev–Trinajstić information content (AvgIpc) is 2.70. The van der Waals surface area contributed by atoms with Crippen LogP contribution in [0, 0.1) is 0 Å². The summed E-state index contributed by atoms with van der Waals surface area (Å²) in [6.07, 6.45) is 2.02. The van der Waals surface area contributed by atoms with Crippen LogP contribution in [0.3, 0.4) is 0 Å². The van der Waals surface area contributed by atoms with Crippen LogP contribution in [-0.4, -0.2) is 27.1 Å². The second-order valence-electron chi connectivity index (χ2n) is 5.61. The molecule has 0 unspecified atom stereocenters. The molecule has 0 bridgehead atoms. The highest BCUT2D eigenvalue weighted by Gasteiger charge is 2.19. The molecule has 0 fully saturated rings. The van der Waals surface area contributed by atoms with Gasteiger partial charge in [-0.3, -0.25) is 4.79 Å². The van der Waals surface area contributed by atoms with E-state index in [-0.39, 0.29) is 5.78 Å². The molecular weight excluding hydrogens is 445 g/mol. The lowest BCUT2D eigenvalue weighted by atomic mass is 10.0. The average molecular weight is 464 g/mol. The Balaban J connectivity index is 2.08. The summed E-state index contributed by atoms with van der Waals surface area (Å²) in [5, 5.41) is 1.02. The minimum Gasteiger partial charge on any atom is -0.493 e. The fraction of sp³-hybridized carbons (Fsp3) is 0.200. The van der Waals surface area contributed by atoms with E-state index in [0.29, 0.717) is 28.4 Å². The van der Waals surface area contributed by atoms with E-state index in [4.69, 9.17) is 14.2 Å². The third kappa shape index (κ3) is 3.33. The summed E-state index contributed by atoms with van der Waals surface area (Å²) in [4.78, 5) is 13.0. The van der Waals surface area contributed by atoms with Gasteiger partial charge in [0.2, 0.25) is 11.3 Å². The minimum absolute atomic E-state index is 0.101. The van der Waals surface area contributed by atoms with E-state index in [2.05, 4.69) is 27.2 Å². The van der Waals surface area contributed by atoms with Crippen LogP contribution in [0.1, 0.15) is 15.9 Å². The molecule has 0 N–H and O–H groups in total. The lowest BCUT2D eigenvalue weighted by molar-refractivity contribution is -0.644. The lowest BCUT2D eigenvalue weighted by Crippen LogP contribution is -2.30. The Labute approximate surface area is 165 Å². The molecule has 0 atom stereocenters. The molecule has 6 heteroatoms. The number of ether oxygens (including phenoxy) is 3. The van der Waals surface area contributed by atoms with E-state index in [9.17, 15) is 4.79 Å². The Morgan fingerprint density at radius 3 is 2.23 bits per heavy atom. The maximum atomic E-state index is 13.0. The van der Waals surface area contributed by atoms with Crippen molar-refractivity contribution in [1.82, 2.24) is 0 Å². The molecule has 134 valence electrons. The van der Waals surface area contributed by atoms with Crippen LogP contribution >= 0.6 is 22.6 Å². The molecule has 3 aromatic rings. The van der Waals surface area contributed by atoms with Gasteiger partial charge in [-0.2, -0.15) is 4.57 Å². The normalized spacial score (nSPS) is 10.6. The van der Waals surface area contributed by atoms with E-state index >= 15 is 0 Å². The first-order chi connectivity index (χ1) is 12.6. The predicted octanol–water partition coefficient (Wildman–Crippen LogP) is 3.78. The number of benzene rings is 2. The van der Waals surface area contributed by atoms with Crippen LogP contribution < -0.4 is 18.8 Å². The van der Waals surface area contributed by atoms with Gasteiger partial charge in [0.05, 0.1) is 21.3 Å². The molecule has 26 heavy (non-hydrogen) atoms. The van der Waals surface area contributed by atoms with Gasteiger partial charge in [0, 0.05) is 28.6 Å². The lowest BCUT2D eigenvalue weighted by Gasteiger charge is -2.13. The number of ketones is 1. The molecule has 0 aliphatic rings. The third-order valence-corrected chi connectivity index (χ3v) is 4.93. The molecule has 0 radical (unpaired) electrons. The highest BCUT2D eigenvalue weighted by Crippen LogP contribution is 2.38. The Morgan fingerprint density at radius 1 is 0.962 bits per heavy atom. The molecule has 0 amide bonds. The first kappa shape index (κ1) is 18.4. The first-order valence-electron chi connectivity index (χ1n) is 7.95. The quantitative estimate of drug-likeness (QED) is 0.241. The van der Waals surface area contributed by atoms with E-state index in [0.717, 1.165) is 15.5 Å². The minimum atomic E-state index is -0.101. The van der Waals surface area contributed by atoms with Crippen molar-refractivity contribution < 1.29 is 23.6 Å². The SMILES string of the molecule is COc1cc(C(=O)c2ccc3c(ccc[n+]3CI)c2)cc(OC)c1OC. The number of carbonyl (C=O) groups excluding carboxylic acids is 1. The largest absolute Gasteiger partial charge is 0.493 e. The second kappa shape index (κ2) is 7.90. The summed E-state index contributed by atoms with van der Waals surface area (Å²) in [5.74, 6) is 1.28. The van der Waals surface area contributed by atoms with E-state index < -0.39 is 0 Å². The Morgan fingerprint density at radius 2 is 1.65 bits per heavy atom. The standard InChI is InChI=1S/C20H19INO4/c1-24-17-10-15(11-18(25-2)20(17)26-3)19(23)14-6-7-16-13(9-14)5-4-8-22(16)12-21/h4-11H,12H2,1-3H3/q+1. The number of hydrogen-bond acceptors (Lipinski definition) is 4. The molecule has 0 saturated carbocycles. The van der Waals surface area contributed by atoms with Crippen molar-refractivity contribution in [1.29, 1.82) is 0 Å². The van der Waals surface area contributed by atoms with Gasteiger partial charge in [0.25, 0.3) is 0 Å². The molecule has 2 aromatic carbocycles. The van der Waals surface area contributed by atoms with Crippen molar-refractivity contribution in [2.24, 2.45) is 0 Å². The summed E-state index contributed by atoms with van der Waals surface area (Å²) >= 11 is 2.31. The highest BCUT2D eigenvalue weighted by molar-refractivity contribution is 14.1. The van der Waals surface area contributed by atoms with Crippen LogP contribution in [0.5, 0.6) is 17.2 Å². The molecule has 1 heterocycles. The summed E-state index contributed by atoms with van der Waals surface area (Å²) in [6, 6.07) is 13.0.